The smallest absolute Gasteiger partial charge is 0.118 e. The van der Waals surface area contributed by atoms with Crippen molar-refractivity contribution in [3.05, 3.63) is 83.2 Å². The van der Waals surface area contributed by atoms with Crippen LogP contribution in [-0.2, 0) is 6.54 Å². The lowest BCUT2D eigenvalue weighted by Crippen LogP contribution is -1.99. The summed E-state index contributed by atoms with van der Waals surface area (Å²) >= 11 is 0. The largest absolute Gasteiger partial charge is 0.497 e. The van der Waals surface area contributed by atoms with E-state index in [-0.39, 0.29) is 0 Å². The average Bonchev–Trinajstić information content (AvgIpc) is 2.90. The van der Waals surface area contributed by atoms with E-state index in [2.05, 4.69) is 53.7 Å². The van der Waals surface area contributed by atoms with Gasteiger partial charge in [-0.15, -0.1) is 0 Å². The van der Waals surface area contributed by atoms with Crippen LogP contribution < -0.4 is 4.74 Å². The highest BCUT2D eigenvalue weighted by molar-refractivity contribution is 5.82. The van der Waals surface area contributed by atoms with Gasteiger partial charge >= 0.3 is 0 Å². The molecule has 0 saturated heterocycles. The molecule has 0 saturated carbocycles. The van der Waals surface area contributed by atoms with E-state index < -0.39 is 0 Å². The first kappa shape index (κ1) is 16.1. The topological polar surface area (TPSA) is 26.5 Å². The van der Waals surface area contributed by atoms with Crippen LogP contribution in [0.3, 0.4) is 0 Å². The standard InChI is InChI=1S/C21H22N2O/c1-16-13-19(17(2)23(16)20-7-5-4-6-8-20)15-22-14-18-9-11-21(24-3)12-10-18/h4-13,15H,14H2,1-3H3. The third kappa shape index (κ3) is 3.40. The number of benzene rings is 2. The number of aryl methyl sites for hydroxylation is 1. The van der Waals surface area contributed by atoms with Crippen LogP contribution in [0.1, 0.15) is 22.5 Å². The second-order valence-electron chi connectivity index (χ2n) is 5.82. The number of nitrogens with zero attached hydrogens (tertiary/aromatic N) is 2. The molecule has 0 fully saturated rings. The number of hydrogen-bond acceptors (Lipinski definition) is 2. The maximum Gasteiger partial charge on any atom is 0.118 e. The normalized spacial score (nSPS) is 11.1. The van der Waals surface area contributed by atoms with Crippen LogP contribution in [0.2, 0.25) is 0 Å². The quantitative estimate of drug-likeness (QED) is 0.625. The molecular weight excluding hydrogens is 296 g/mol. The molecule has 1 aromatic heterocycles. The molecule has 2 aromatic carbocycles. The second kappa shape index (κ2) is 7.18. The number of aromatic nitrogens is 1. The van der Waals surface area contributed by atoms with Crippen molar-refractivity contribution in [2.75, 3.05) is 7.11 Å². The minimum absolute atomic E-state index is 0.666. The van der Waals surface area contributed by atoms with E-state index in [9.17, 15) is 0 Å². The highest BCUT2D eigenvalue weighted by atomic mass is 16.5. The summed E-state index contributed by atoms with van der Waals surface area (Å²) in [5, 5.41) is 0. The SMILES string of the molecule is COc1ccc(CN=Cc2cc(C)n(-c3ccccc3)c2C)cc1. The van der Waals surface area contributed by atoms with Crippen molar-refractivity contribution in [1.29, 1.82) is 0 Å². The number of ether oxygens (including phenoxy) is 1. The summed E-state index contributed by atoms with van der Waals surface area (Å²) < 4.78 is 7.43. The van der Waals surface area contributed by atoms with Crippen LogP contribution in [0.5, 0.6) is 5.75 Å². The Morgan fingerprint density at radius 3 is 2.38 bits per heavy atom. The second-order valence-corrected chi connectivity index (χ2v) is 5.82. The van der Waals surface area contributed by atoms with Crippen molar-refractivity contribution >= 4 is 6.21 Å². The van der Waals surface area contributed by atoms with Crippen molar-refractivity contribution in [2.45, 2.75) is 20.4 Å². The van der Waals surface area contributed by atoms with Gasteiger partial charge in [0.05, 0.1) is 13.7 Å². The molecular formula is C21H22N2O. The van der Waals surface area contributed by atoms with Crippen molar-refractivity contribution in [1.82, 2.24) is 4.57 Å². The zero-order valence-corrected chi connectivity index (χ0v) is 14.4. The number of para-hydroxylation sites is 1. The fourth-order valence-electron chi connectivity index (χ4n) is 2.87. The molecule has 0 atom stereocenters. The molecule has 3 rings (SSSR count). The summed E-state index contributed by atoms with van der Waals surface area (Å²) in [7, 11) is 1.68. The van der Waals surface area contributed by atoms with Gasteiger partial charge in [-0.2, -0.15) is 0 Å². The molecule has 3 aromatic rings. The van der Waals surface area contributed by atoms with Crippen LogP contribution in [0.25, 0.3) is 5.69 Å². The molecule has 24 heavy (non-hydrogen) atoms. The first-order valence-corrected chi connectivity index (χ1v) is 8.06. The van der Waals surface area contributed by atoms with Gasteiger partial charge in [-0.25, -0.2) is 0 Å². The van der Waals surface area contributed by atoms with Gasteiger partial charge in [0, 0.05) is 28.9 Å². The van der Waals surface area contributed by atoms with Gasteiger partial charge in [0.15, 0.2) is 0 Å². The molecule has 0 unspecified atom stereocenters. The average molecular weight is 318 g/mol. The van der Waals surface area contributed by atoms with Crippen LogP contribution in [-0.4, -0.2) is 17.9 Å². The maximum absolute atomic E-state index is 5.18. The Balaban J connectivity index is 1.78. The van der Waals surface area contributed by atoms with E-state index in [1.807, 2.05) is 36.5 Å². The summed E-state index contributed by atoms with van der Waals surface area (Å²) in [4.78, 5) is 4.60. The van der Waals surface area contributed by atoms with E-state index in [0.29, 0.717) is 6.54 Å². The number of methoxy groups -OCH3 is 1. The lowest BCUT2D eigenvalue weighted by Gasteiger charge is -2.08. The predicted octanol–water partition coefficient (Wildman–Crippen LogP) is 4.72. The van der Waals surface area contributed by atoms with Gasteiger partial charge in [-0.3, -0.25) is 4.99 Å². The molecule has 0 radical (unpaired) electrons. The molecule has 0 aliphatic carbocycles. The molecule has 3 nitrogen and oxygen atoms in total. The van der Waals surface area contributed by atoms with Crippen molar-refractivity contribution in [2.24, 2.45) is 4.99 Å². The Morgan fingerprint density at radius 1 is 1.00 bits per heavy atom. The summed E-state index contributed by atoms with van der Waals surface area (Å²) in [6, 6.07) is 20.6. The molecule has 3 heteroatoms. The molecule has 1 heterocycles. The Bertz CT molecular complexity index is 830. The Labute approximate surface area is 143 Å². The summed E-state index contributed by atoms with van der Waals surface area (Å²) in [6.07, 6.45) is 1.96. The summed E-state index contributed by atoms with van der Waals surface area (Å²) in [5.74, 6) is 0.870. The van der Waals surface area contributed by atoms with Gasteiger partial charge < -0.3 is 9.30 Å². The Morgan fingerprint density at radius 2 is 1.71 bits per heavy atom. The van der Waals surface area contributed by atoms with Gasteiger partial charge in [0.25, 0.3) is 0 Å². The Hall–Kier alpha value is -2.81. The first-order valence-electron chi connectivity index (χ1n) is 8.06. The van der Waals surface area contributed by atoms with Gasteiger partial charge in [-0.1, -0.05) is 30.3 Å². The molecule has 0 N–H and O–H groups in total. The summed E-state index contributed by atoms with van der Waals surface area (Å²) in [6.45, 7) is 4.93. The van der Waals surface area contributed by atoms with Crippen LogP contribution >= 0.6 is 0 Å². The summed E-state index contributed by atoms with van der Waals surface area (Å²) in [5.41, 5.74) is 5.93. The van der Waals surface area contributed by atoms with E-state index in [0.717, 1.165) is 11.3 Å². The van der Waals surface area contributed by atoms with Gasteiger partial charge in [-0.05, 0) is 49.7 Å². The predicted molar refractivity (Wildman–Crippen MR) is 99.5 cm³/mol. The van der Waals surface area contributed by atoms with Crippen molar-refractivity contribution in [3.63, 3.8) is 0 Å². The van der Waals surface area contributed by atoms with E-state index in [1.54, 1.807) is 7.11 Å². The zero-order chi connectivity index (χ0) is 16.9. The van der Waals surface area contributed by atoms with Crippen molar-refractivity contribution in [3.8, 4) is 11.4 Å². The van der Waals surface area contributed by atoms with Crippen molar-refractivity contribution < 1.29 is 4.74 Å². The Kier molecular flexibility index (Phi) is 4.80. The monoisotopic (exact) mass is 318 g/mol. The fraction of sp³-hybridized carbons (Fsp3) is 0.190. The van der Waals surface area contributed by atoms with Gasteiger partial charge in [0.1, 0.15) is 5.75 Å². The van der Waals surface area contributed by atoms with E-state index in [1.165, 1.54) is 22.6 Å². The van der Waals surface area contributed by atoms with Crippen LogP contribution in [0.15, 0.2) is 65.7 Å². The fourth-order valence-corrected chi connectivity index (χ4v) is 2.87. The number of rotatable bonds is 5. The highest BCUT2D eigenvalue weighted by Crippen LogP contribution is 2.19. The van der Waals surface area contributed by atoms with Crippen LogP contribution in [0.4, 0.5) is 0 Å². The minimum Gasteiger partial charge on any atom is -0.497 e. The van der Waals surface area contributed by atoms with E-state index >= 15 is 0 Å². The highest BCUT2D eigenvalue weighted by Gasteiger charge is 2.08. The van der Waals surface area contributed by atoms with E-state index in [4.69, 9.17) is 4.74 Å². The molecule has 0 spiro atoms. The van der Waals surface area contributed by atoms with Gasteiger partial charge in [0.2, 0.25) is 0 Å². The number of hydrogen-bond donors (Lipinski definition) is 0. The zero-order valence-electron chi connectivity index (χ0n) is 14.4. The maximum atomic E-state index is 5.18. The minimum atomic E-state index is 0.666. The van der Waals surface area contributed by atoms with Crippen LogP contribution in [0, 0.1) is 13.8 Å². The molecule has 0 aliphatic heterocycles. The molecule has 0 aliphatic rings. The molecule has 0 amide bonds. The third-order valence-electron chi connectivity index (χ3n) is 4.15. The number of aliphatic imine (C=N–C) groups is 1. The first-order chi connectivity index (χ1) is 11.7. The lowest BCUT2D eigenvalue weighted by atomic mass is 10.2. The lowest BCUT2D eigenvalue weighted by molar-refractivity contribution is 0.414. The third-order valence-corrected chi connectivity index (χ3v) is 4.15. The molecule has 122 valence electrons. The molecule has 0 bridgehead atoms.